The summed E-state index contributed by atoms with van der Waals surface area (Å²) in [5.41, 5.74) is 2.40. The number of sulfone groups is 1. The van der Waals surface area contributed by atoms with Crippen LogP contribution in [0.3, 0.4) is 0 Å². The fourth-order valence-electron chi connectivity index (χ4n) is 2.36. The number of carbonyl (C=O) groups excluding carboxylic acids is 1. The molecule has 3 rings (SSSR count). The minimum Gasteiger partial charge on any atom is -0.319 e. The SMILES string of the molecule is Cc1ccc2c(c1)sc(=NC(=O)c1cccc(S(C)(=O)=O)c1)n2C. The molecule has 0 spiro atoms. The lowest BCUT2D eigenvalue weighted by Crippen LogP contribution is -2.13. The van der Waals surface area contributed by atoms with E-state index >= 15 is 0 Å². The summed E-state index contributed by atoms with van der Waals surface area (Å²) in [7, 11) is -1.51. The van der Waals surface area contributed by atoms with Gasteiger partial charge in [0, 0.05) is 18.9 Å². The van der Waals surface area contributed by atoms with Gasteiger partial charge in [-0.25, -0.2) is 8.42 Å². The maximum atomic E-state index is 12.4. The van der Waals surface area contributed by atoms with Crippen molar-refractivity contribution in [2.24, 2.45) is 12.0 Å². The number of carbonyl (C=O) groups is 1. The first-order valence-corrected chi connectivity index (χ1v) is 9.92. The molecule has 0 N–H and O–H groups in total. The molecule has 1 amide bonds. The zero-order valence-electron chi connectivity index (χ0n) is 13.5. The van der Waals surface area contributed by atoms with E-state index in [4.69, 9.17) is 0 Å². The van der Waals surface area contributed by atoms with Crippen molar-refractivity contribution >= 4 is 37.3 Å². The number of aromatic nitrogens is 1. The van der Waals surface area contributed by atoms with Gasteiger partial charge in [0.2, 0.25) is 0 Å². The van der Waals surface area contributed by atoms with E-state index < -0.39 is 15.7 Å². The quantitative estimate of drug-likeness (QED) is 0.706. The largest absolute Gasteiger partial charge is 0.319 e. The van der Waals surface area contributed by atoms with Crippen LogP contribution in [0.5, 0.6) is 0 Å². The van der Waals surface area contributed by atoms with Crippen LogP contribution in [0.15, 0.2) is 52.4 Å². The summed E-state index contributed by atoms with van der Waals surface area (Å²) in [4.78, 5) is 17.3. The van der Waals surface area contributed by atoms with Gasteiger partial charge < -0.3 is 4.57 Å². The lowest BCUT2D eigenvalue weighted by molar-refractivity contribution is 0.0997. The van der Waals surface area contributed by atoms with E-state index in [0.717, 1.165) is 22.0 Å². The van der Waals surface area contributed by atoms with Crippen LogP contribution in [0, 0.1) is 6.92 Å². The minimum absolute atomic E-state index is 0.111. The van der Waals surface area contributed by atoms with Gasteiger partial charge in [0.05, 0.1) is 15.1 Å². The third-order valence-corrected chi connectivity index (χ3v) is 5.88. The van der Waals surface area contributed by atoms with Crippen molar-refractivity contribution in [1.82, 2.24) is 4.57 Å². The Bertz CT molecular complexity index is 1120. The van der Waals surface area contributed by atoms with Crippen LogP contribution in [0.25, 0.3) is 10.2 Å². The molecule has 0 aliphatic carbocycles. The van der Waals surface area contributed by atoms with Crippen LogP contribution in [0.2, 0.25) is 0 Å². The summed E-state index contributed by atoms with van der Waals surface area (Å²) in [5, 5.41) is 0. The molecule has 0 atom stereocenters. The number of nitrogens with zero attached hydrogens (tertiary/aromatic N) is 2. The van der Waals surface area contributed by atoms with Gasteiger partial charge in [-0.2, -0.15) is 4.99 Å². The second kappa shape index (κ2) is 5.99. The smallest absolute Gasteiger partial charge is 0.279 e. The van der Waals surface area contributed by atoms with Crippen LogP contribution in [0.1, 0.15) is 15.9 Å². The van der Waals surface area contributed by atoms with Crippen molar-refractivity contribution in [3.8, 4) is 0 Å². The van der Waals surface area contributed by atoms with Crippen molar-refractivity contribution in [1.29, 1.82) is 0 Å². The molecule has 24 heavy (non-hydrogen) atoms. The average Bonchev–Trinajstić information content (AvgIpc) is 2.82. The van der Waals surface area contributed by atoms with Gasteiger partial charge in [0.15, 0.2) is 14.6 Å². The molecular formula is C17H16N2O3S2. The average molecular weight is 360 g/mol. The molecule has 2 aromatic carbocycles. The van der Waals surface area contributed by atoms with E-state index in [9.17, 15) is 13.2 Å². The Kier molecular flexibility index (Phi) is 4.15. The monoisotopic (exact) mass is 360 g/mol. The highest BCUT2D eigenvalue weighted by atomic mass is 32.2. The lowest BCUT2D eigenvalue weighted by atomic mass is 10.2. The number of hydrogen-bond acceptors (Lipinski definition) is 4. The zero-order chi connectivity index (χ0) is 17.5. The highest BCUT2D eigenvalue weighted by Gasteiger charge is 2.12. The summed E-state index contributed by atoms with van der Waals surface area (Å²) in [6.45, 7) is 2.01. The lowest BCUT2D eigenvalue weighted by Gasteiger charge is -2.00. The third-order valence-electron chi connectivity index (χ3n) is 3.67. The van der Waals surface area contributed by atoms with E-state index in [2.05, 4.69) is 4.99 Å². The van der Waals surface area contributed by atoms with Crippen molar-refractivity contribution < 1.29 is 13.2 Å². The molecule has 0 aliphatic heterocycles. The Hall–Kier alpha value is -2.25. The molecule has 0 radical (unpaired) electrons. The highest BCUT2D eigenvalue weighted by Crippen LogP contribution is 2.18. The molecule has 7 heteroatoms. The molecule has 0 aliphatic rings. The van der Waals surface area contributed by atoms with Gasteiger partial charge in [-0.05, 0) is 42.8 Å². The van der Waals surface area contributed by atoms with Crippen molar-refractivity contribution in [2.45, 2.75) is 11.8 Å². The Morgan fingerprint density at radius 2 is 1.92 bits per heavy atom. The van der Waals surface area contributed by atoms with Crippen molar-refractivity contribution in [3.63, 3.8) is 0 Å². The molecule has 0 unspecified atom stereocenters. The van der Waals surface area contributed by atoms with Crippen LogP contribution < -0.4 is 4.80 Å². The van der Waals surface area contributed by atoms with Gasteiger partial charge in [-0.1, -0.05) is 23.5 Å². The molecular weight excluding hydrogens is 344 g/mol. The van der Waals surface area contributed by atoms with E-state index in [1.165, 1.54) is 23.5 Å². The predicted octanol–water partition coefficient (Wildman–Crippen LogP) is 2.69. The number of fused-ring (bicyclic) bond motifs is 1. The number of benzene rings is 2. The van der Waals surface area contributed by atoms with Crippen molar-refractivity contribution in [2.75, 3.05) is 6.26 Å². The van der Waals surface area contributed by atoms with E-state index in [-0.39, 0.29) is 10.5 Å². The maximum absolute atomic E-state index is 12.4. The van der Waals surface area contributed by atoms with E-state index in [1.54, 1.807) is 12.1 Å². The summed E-state index contributed by atoms with van der Waals surface area (Å²) in [5.74, 6) is -0.459. The Morgan fingerprint density at radius 1 is 1.17 bits per heavy atom. The molecule has 0 fully saturated rings. The van der Waals surface area contributed by atoms with Crippen LogP contribution >= 0.6 is 11.3 Å². The highest BCUT2D eigenvalue weighted by molar-refractivity contribution is 7.90. The van der Waals surface area contributed by atoms with Crippen molar-refractivity contribution in [3.05, 3.63) is 58.4 Å². The van der Waals surface area contributed by atoms with Crippen LogP contribution in [-0.4, -0.2) is 25.1 Å². The Balaban J connectivity index is 2.09. The van der Waals surface area contributed by atoms with Crippen LogP contribution in [0.4, 0.5) is 0 Å². The summed E-state index contributed by atoms with van der Waals surface area (Å²) < 4.78 is 26.2. The molecule has 5 nitrogen and oxygen atoms in total. The summed E-state index contributed by atoms with van der Waals surface area (Å²) in [6.07, 6.45) is 1.11. The number of aryl methyl sites for hydroxylation is 2. The standard InChI is InChI=1S/C17H16N2O3S2/c1-11-7-8-14-15(9-11)23-17(19(14)2)18-16(20)12-5-4-6-13(10-12)24(3,21)22/h4-10H,1-3H3. The predicted molar refractivity (Wildman–Crippen MR) is 95.0 cm³/mol. The number of thiazole rings is 1. The van der Waals surface area contributed by atoms with E-state index in [1.807, 2.05) is 36.7 Å². The number of rotatable bonds is 2. The van der Waals surface area contributed by atoms with Gasteiger partial charge in [-0.15, -0.1) is 0 Å². The first kappa shape index (κ1) is 16.6. The van der Waals surface area contributed by atoms with Gasteiger partial charge >= 0.3 is 0 Å². The molecule has 3 aromatic rings. The zero-order valence-corrected chi connectivity index (χ0v) is 15.1. The van der Waals surface area contributed by atoms with Crippen LogP contribution in [-0.2, 0) is 16.9 Å². The number of amides is 1. The normalized spacial score (nSPS) is 12.7. The Morgan fingerprint density at radius 3 is 2.62 bits per heavy atom. The third kappa shape index (κ3) is 3.18. The fourth-order valence-corrected chi connectivity index (χ4v) is 4.14. The first-order chi connectivity index (χ1) is 11.3. The Labute approximate surface area is 143 Å². The van der Waals surface area contributed by atoms with E-state index in [0.29, 0.717) is 4.80 Å². The molecule has 0 saturated carbocycles. The first-order valence-electron chi connectivity index (χ1n) is 7.21. The molecule has 0 saturated heterocycles. The van der Waals surface area contributed by atoms with Gasteiger partial charge in [0.25, 0.3) is 5.91 Å². The molecule has 1 heterocycles. The molecule has 1 aromatic heterocycles. The van der Waals surface area contributed by atoms with Gasteiger partial charge in [0.1, 0.15) is 0 Å². The molecule has 0 bridgehead atoms. The maximum Gasteiger partial charge on any atom is 0.279 e. The second-order valence-electron chi connectivity index (χ2n) is 5.63. The summed E-state index contributed by atoms with van der Waals surface area (Å²) in [6, 6.07) is 12.0. The molecule has 124 valence electrons. The van der Waals surface area contributed by atoms with Gasteiger partial charge in [-0.3, -0.25) is 4.79 Å². The second-order valence-corrected chi connectivity index (χ2v) is 8.66. The fraction of sp³-hybridized carbons (Fsp3) is 0.176. The topological polar surface area (TPSA) is 68.5 Å². The number of hydrogen-bond donors (Lipinski definition) is 0. The minimum atomic E-state index is -3.36. The summed E-state index contributed by atoms with van der Waals surface area (Å²) >= 11 is 1.43.